The minimum absolute atomic E-state index is 0.530. The molecule has 1 atom stereocenters. The van der Waals surface area contributed by atoms with Crippen LogP contribution in [0.4, 0.5) is 0 Å². The molecule has 1 aliphatic rings. The van der Waals surface area contributed by atoms with Gasteiger partial charge in [0.05, 0.1) is 6.10 Å². The van der Waals surface area contributed by atoms with Crippen LogP contribution in [0.2, 0.25) is 0 Å². The summed E-state index contributed by atoms with van der Waals surface area (Å²) < 4.78 is 0. The van der Waals surface area contributed by atoms with Gasteiger partial charge in [-0.1, -0.05) is 72.8 Å². The van der Waals surface area contributed by atoms with Crippen LogP contribution in [0.3, 0.4) is 0 Å². The molecule has 0 amide bonds. The summed E-state index contributed by atoms with van der Waals surface area (Å²) in [6.45, 7) is 0. The quantitative estimate of drug-likeness (QED) is 0.264. The summed E-state index contributed by atoms with van der Waals surface area (Å²) in [5, 5.41) is 20.3. The van der Waals surface area contributed by atoms with E-state index in [1.54, 1.807) is 0 Å². The molecule has 6 rings (SSSR count). The predicted molar refractivity (Wildman–Crippen MR) is 120 cm³/mol. The van der Waals surface area contributed by atoms with Crippen LogP contribution in [0.25, 0.3) is 48.7 Å². The van der Waals surface area contributed by atoms with Crippen LogP contribution < -0.4 is 0 Å². The fraction of sp³-hybridized carbons (Fsp3) is 0.0370. The maximum Gasteiger partial charge on any atom is 0.0980 e. The van der Waals surface area contributed by atoms with E-state index in [4.69, 9.17) is 0 Å². The fourth-order valence-corrected chi connectivity index (χ4v) is 4.49. The van der Waals surface area contributed by atoms with Gasteiger partial charge in [0, 0.05) is 0 Å². The zero-order valence-corrected chi connectivity index (χ0v) is 15.3. The van der Waals surface area contributed by atoms with E-state index in [0.717, 1.165) is 11.1 Å². The lowest BCUT2D eigenvalue weighted by Crippen LogP contribution is -2.02. The molecule has 1 aliphatic carbocycles. The summed E-state index contributed by atoms with van der Waals surface area (Å²) in [6, 6.07) is 28.4. The highest BCUT2D eigenvalue weighted by molar-refractivity contribution is 6.16. The second-order valence-corrected chi connectivity index (χ2v) is 7.54. The molecular formula is C27H18O. The maximum atomic E-state index is 10.4. The van der Waals surface area contributed by atoms with Crippen LogP contribution in [0.5, 0.6) is 0 Å². The zero-order chi connectivity index (χ0) is 18.7. The maximum absolute atomic E-state index is 10.4. The van der Waals surface area contributed by atoms with Crippen molar-refractivity contribution in [2.75, 3.05) is 0 Å². The number of allylic oxidation sites excluding steroid dienone is 2. The molecular weight excluding hydrogens is 340 g/mol. The Hall–Kier alpha value is -3.42. The van der Waals surface area contributed by atoms with Crippen molar-refractivity contribution in [3.05, 3.63) is 103 Å². The smallest absolute Gasteiger partial charge is 0.0980 e. The molecule has 0 radical (unpaired) electrons. The third kappa shape index (κ3) is 2.24. The monoisotopic (exact) mass is 358 g/mol. The zero-order valence-electron chi connectivity index (χ0n) is 15.3. The second kappa shape index (κ2) is 5.79. The number of fused-ring (bicyclic) bond motifs is 5. The van der Waals surface area contributed by atoms with Crippen LogP contribution in [0, 0.1) is 0 Å². The molecule has 132 valence electrons. The standard InChI is InChI=1S/C27H18O/c28-27-10-4-9-23(27)22-8-3-7-19-14-21-12-11-20-13-17-5-1-2-6-18(17)15-24(20)26(21)16-25(19)22/h1-16,27-28H. The van der Waals surface area contributed by atoms with E-state index in [9.17, 15) is 5.11 Å². The molecule has 0 bridgehead atoms. The van der Waals surface area contributed by atoms with Gasteiger partial charge in [0.2, 0.25) is 0 Å². The average Bonchev–Trinajstić information content (AvgIpc) is 3.16. The number of benzene rings is 5. The van der Waals surface area contributed by atoms with Gasteiger partial charge in [0.1, 0.15) is 0 Å². The van der Waals surface area contributed by atoms with Gasteiger partial charge in [-0.25, -0.2) is 0 Å². The minimum Gasteiger partial charge on any atom is -0.384 e. The molecule has 0 heterocycles. The number of hydrogen-bond donors (Lipinski definition) is 1. The Labute approximate surface area is 162 Å². The van der Waals surface area contributed by atoms with Crippen molar-refractivity contribution in [3.63, 3.8) is 0 Å². The molecule has 1 nitrogen and oxygen atoms in total. The summed E-state index contributed by atoms with van der Waals surface area (Å²) in [5.41, 5.74) is 2.07. The van der Waals surface area contributed by atoms with Crippen molar-refractivity contribution in [2.45, 2.75) is 6.10 Å². The molecule has 0 aromatic heterocycles. The number of rotatable bonds is 1. The highest BCUT2D eigenvalue weighted by Gasteiger charge is 2.16. The average molecular weight is 358 g/mol. The predicted octanol–water partition coefficient (Wildman–Crippen LogP) is 6.61. The molecule has 0 fully saturated rings. The Balaban J connectivity index is 1.72. The molecule has 5 aromatic rings. The third-order valence-corrected chi connectivity index (χ3v) is 5.90. The van der Waals surface area contributed by atoms with E-state index in [2.05, 4.69) is 78.9 Å². The van der Waals surface area contributed by atoms with Crippen molar-refractivity contribution in [1.82, 2.24) is 0 Å². The molecule has 0 aliphatic heterocycles. The van der Waals surface area contributed by atoms with Gasteiger partial charge in [0.15, 0.2) is 0 Å². The number of aliphatic hydroxyl groups excluding tert-OH is 1. The van der Waals surface area contributed by atoms with E-state index in [1.807, 2.05) is 18.2 Å². The molecule has 0 spiro atoms. The number of hydrogen-bond acceptors (Lipinski definition) is 1. The van der Waals surface area contributed by atoms with Crippen molar-refractivity contribution >= 4 is 48.7 Å². The Kier molecular flexibility index (Phi) is 3.23. The topological polar surface area (TPSA) is 20.2 Å². The summed E-state index contributed by atoms with van der Waals surface area (Å²) in [5.74, 6) is 0. The van der Waals surface area contributed by atoms with Gasteiger partial charge < -0.3 is 5.11 Å². The Morgan fingerprint density at radius 3 is 1.96 bits per heavy atom. The van der Waals surface area contributed by atoms with Gasteiger partial charge in [-0.05, 0) is 78.5 Å². The highest BCUT2D eigenvalue weighted by atomic mass is 16.3. The Bertz CT molecular complexity index is 1470. The molecule has 1 N–H and O–H groups in total. The second-order valence-electron chi connectivity index (χ2n) is 7.54. The van der Waals surface area contributed by atoms with Gasteiger partial charge in [-0.3, -0.25) is 0 Å². The molecule has 0 saturated heterocycles. The van der Waals surface area contributed by atoms with Crippen LogP contribution in [0.1, 0.15) is 5.56 Å². The number of aliphatic hydroxyl groups is 1. The normalized spacial score (nSPS) is 16.5. The lowest BCUT2D eigenvalue weighted by Gasteiger charge is -2.14. The van der Waals surface area contributed by atoms with E-state index < -0.39 is 6.10 Å². The SMILES string of the molecule is OC1C=CC=C1c1cccc2cc3ccc4cc5ccccc5cc4c3cc12. The minimum atomic E-state index is -0.530. The van der Waals surface area contributed by atoms with Crippen LogP contribution in [-0.4, -0.2) is 11.2 Å². The summed E-state index contributed by atoms with van der Waals surface area (Å²) in [4.78, 5) is 0. The van der Waals surface area contributed by atoms with E-state index in [1.165, 1.54) is 43.1 Å². The van der Waals surface area contributed by atoms with Crippen molar-refractivity contribution in [1.29, 1.82) is 0 Å². The summed E-state index contributed by atoms with van der Waals surface area (Å²) in [7, 11) is 0. The first-order chi connectivity index (χ1) is 13.8. The van der Waals surface area contributed by atoms with Crippen LogP contribution in [0.15, 0.2) is 97.1 Å². The third-order valence-electron chi connectivity index (χ3n) is 5.90. The molecule has 28 heavy (non-hydrogen) atoms. The van der Waals surface area contributed by atoms with Gasteiger partial charge in [-0.2, -0.15) is 0 Å². The highest BCUT2D eigenvalue weighted by Crippen LogP contribution is 2.36. The Morgan fingerprint density at radius 2 is 1.21 bits per heavy atom. The molecule has 0 saturated carbocycles. The molecule has 5 aromatic carbocycles. The summed E-state index contributed by atoms with van der Waals surface area (Å²) >= 11 is 0. The van der Waals surface area contributed by atoms with E-state index in [0.29, 0.717) is 0 Å². The van der Waals surface area contributed by atoms with Crippen molar-refractivity contribution in [3.8, 4) is 0 Å². The summed E-state index contributed by atoms with van der Waals surface area (Å²) in [6.07, 6.45) is 5.25. The molecule has 1 heteroatoms. The lowest BCUT2D eigenvalue weighted by atomic mass is 9.92. The van der Waals surface area contributed by atoms with Crippen LogP contribution in [-0.2, 0) is 0 Å². The first kappa shape index (κ1) is 15.6. The first-order valence-electron chi connectivity index (χ1n) is 9.63. The van der Waals surface area contributed by atoms with E-state index in [-0.39, 0.29) is 0 Å². The first-order valence-corrected chi connectivity index (χ1v) is 9.63. The van der Waals surface area contributed by atoms with Crippen LogP contribution >= 0.6 is 0 Å². The Morgan fingerprint density at radius 1 is 0.571 bits per heavy atom. The van der Waals surface area contributed by atoms with Crippen molar-refractivity contribution < 1.29 is 5.11 Å². The lowest BCUT2D eigenvalue weighted by molar-refractivity contribution is 0.282. The molecule has 1 unspecified atom stereocenters. The van der Waals surface area contributed by atoms with Gasteiger partial charge in [-0.15, -0.1) is 0 Å². The largest absolute Gasteiger partial charge is 0.384 e. The van der Waals surface area contributed by atoms with Crippen molar-refractivity contribution in [2.24, 2.45) is 0 Å². The van der Waals surface area contributed by atoms with E-state index >= 15 is 0 Å². The van der Waals surface area contributed by atoms with Gasteiger partial charge in [0.25, 0.3) is 0 Å². The van der Waals surface area contributed by atoms with Gasteiger partial charge >= 0.3 is 0 Å². The fourth-order valence-electron chi connectivity index (χ4n) is 4.49.